The average Bonchev–Trinajstić information content (AvgIpc) is 2.46. The Morgan fingerprint density at radius 1 is 1.35 bits per heavy atom. The molecule has 0 bridgehead atoms. The van der Waals surface area contributed by atoms with E-state index in [1.54, 1.807) is 6.92 Å². The molecule has 0 aliphatic carbocycles. The van der Waals surface area contributed by atoms with E-state index >= 15 is 0 Å². The van der Waals surface area contributed by atoms with Crippen LogP contribution in [0.3, 0.4) is 0 Å². The topological polar surface area (TPSA) is 41.1 Å². The molecule has 1 fully saturated rings. The van der Waals surface area contributed by atoms with Gasteiger partial charge in [0.05, 0.1) is 6.04 Å². The first-order valence-corrected chi connectivity index (χ1v) is 7.01. The summed E-state index contributed by atoms with van der Waals surface area (Å²) in [7, 11) is 0. The Bertz CT molecular complexity index is 504. The minimum Gasteiger partial charge on any atom is -0.355 e. The van der Waals surface area contributed by atoms with Gasteiger partial charge in [-0.1, -0.05) is 24.3 Å². The molecule has 1 atom stereocenters. The van der Waals surface area contributed by atoms with Crippen LogP contribution in [0.4, 0.5) is 4.39 Å². The van der Waals surface area contributed by atoms with E-state index in [0.29, 0.717) is 12.1 Å². The van der Waals surface area contributed by atoms with Crippen molar-refractivity contribution in [1.29, 1.82) is 0 Å². The van der Waals surface area contributed by atoms with E-state index < -0.39 is 0 Å². The third kappa shape index (κ3) is 3.67. The second kappa shape index (κ2) is 6.66. The minimum absolute atomic E-state index is 0.0831. The lowest BCUT2D eigenvalue weighted by Crippen LogP contribution is -2.47. The van der Waals surface area contributed by atoms with Gasteiger partial charge in [-0.25, -0.2) is 4.39 Å². The van der Waals surface area contributed by atoms with E-state index in [1.807, 2.05) is 24.3 Å². The Hall–Kier alpha value is -1.68. The molecule has 0 aromatic heterocycles. The molecule has 108 valence electrons. The quantitative estimate of drug-likeness (QED) is 0.888. The van der Waals surface area contributed by atoms with Gasteiger partial charge in [-0.3, -0.25) is 4.79 Å². The number of hydrogen-bond acceptors (Lipinski definition) is 2. The van der Waals surface area contributed by atoms with Crippen LogP contribution in [0.25, 0.3) is 5.57 Å². The first-order chi connectivity index (χ1) is 9.58. The third-order valence-corrected chi connectivity index (χ3v) is 3.74. The molecular weight excluding hydrogens is 255 g/mol. The summed E-state index contributed by atoms with van der Waals surface area (Å²) in [5.74, 6) is -0.0746. The van der Waals surface area contributed by atoms with Crippen LogP contribution in [0.5, 0.6) is 0 Å². The summed E-state index contributed by atoms with van der Waals surface area (Å²) in [6.07, 6.45) is 1.90. The smallest absolute Gasteiger partial charge is 0.237 e. The fourth-order valence-corrected chi connectivity index (χ4v) is 2.28. The van der Waals surface area contributed by atoms with Gasteiger partial charge < -0.3 is 10.6 Å². The molecule has 1 amide bonds. The van der Waals surface area contributed by atoms with Crippen LogP contribution in [-0.2, 0) is 11.3 Å². The number of carbonyl (C=O) groups is 1. The van der Waals surface area contributed by atoms with Crippen molar-refractivity contribution in [3.05, 3.63) is 41.2 Å². The first-order valence-electron chi connectivity index (χ1n) is 7.01. The van der Waals surface area contributed by atoms with Crippen LogP contribution in [0.15, 0.2) is 30.1 Å². The van der Waals surface area contributed by atoms with Gasteiger partial charge >= 0.3 is 0 Å². The molecule has 1 saturated heterocycles. The maximum absolute atomic E-state index is 13.1. The molecule has 0 spiro atoms. The normalized spacial score (nSPS) is 20.4. The van der Waals surface area contributed by atoms with Crippen molar-refractivity contribution < 1.29 is 9.18 Å². The zero-order valence-corrected chi connectivity index (χ0v) is 12.0. The van der Waals surface area contributed by atoms with Gasteiger partial charge in [-0.2, -0.15) is 0 Å². The van der Waals surface area contributed by atoms with Gasteiger partial charge in [0.15, 0.2) is 0 Å². The molecule has 1 aromatic carbocycles. The highest BCUT2D eigenvalue weighted by Crippen LogP contribution is 2.19. The number of halogens is 1. The van der Waals surface area contributed by atoms with Crippen LogP contribution in [0.1, 0.15) is 37.8 Å². The first kappa shape index (κ1) is 14.7. The van der Waals surface area contributed by atoms with Crippen molar-refractivity contribution in [3.8, 4) is 0 Å². The predicted octanol–water partition coefficient (Wildman–Crippen LogP) is 2.78. The van der Waals surface area contributed by atoms with Crippen LogP contribution in [0.2, 0.25) is 0 Å². The summed E-state index contributed by atoms with van der Waals surface area (Å²) in [6.45, 7) is 4.66. The summed E-state index contributed by atoms with van der Waals surface area (Å²) >= 11 is 0. The molecule has 0 radical (unpaired) electrons. The van der Waals surface area contributed by atoms with Gasteiger partial charge in [-0.05, 0) is 43.4 Å². The van der Waals surface area contributed by atoms with Gasteiger partial charge in [0.2, 0.25) is 5.91 Å². The Morgan fingerprint density at radius 3 is 2.65 bits per heavy atom. The number of carbonyl (C=O) groups excluding carboxylic acids is 1. The van der Waals surface area contributed by atoms with Crippen molar-refractivity contribution in [2.75, 3.05) is 6.54 Å². The number of benzene rings is 1. The number of hydrogen-bond donors (Lipinski definition) is 2. The highest BCUT2D eigenvalue weighted by molar-refractivity contribution is 5.82. The standard InChI is InChI=1S/C16H21FN2O/c1-11(12(2)17)14-7-5-13(6-8-14)10-19-15-4-3-9-18-16(15)20/h5-8,15,19H,3-4,9-10H2,1-2H3,(H,18,20)/b12-11-. The summed E-state index contributed by atoms with van der Waals surface area (Å²) in [5.41, 5.74) is 2.65. The molecule has 1 heterocycles. The highest BCUT2D eigenvalue weighted by atomic mass is 19.1. The zero-order chi connectivity index (χ0) is 14.5. The lowest BCUT2D eigenvalue weighted by Gasteiger charge is -2.22. The molecule has 1 aliphatic heterocycles. The van der Waals surface area contributed by atoms with Crippen molar-refractivity contribution in [2.45, 2.75) is 39.3 Å². The molecule has 1 aliphatic rings. The monoisotopic (exact) mass is 276 g/mol. The number of amides is 1. The van der Waals surface area contributed by atoms with Gasteiger partial charge in [0, 0.05) is 13.1 Å². The number of rotatable bonds is 4. The van der Waals surface area contributed by atoms with E-state index in [0.717, 1.165) is 30.5 Å². The van der Waals surface area contributed by atoms with Crippen LogP contribution in [-0.4, -0.2) is 18.5 Å². The maximum Gasteiger partial charge on any atom is 0.237 e. The Balaban J connectivity index is 1.94. The lowest BCUT2D eigenvalue weighted by atomic mass is 10.0. The molecule has 3 nitrogen and oxygen atoms in total. The maximum atomic E-state index is 13.1. The van der Waals surface area contributed by atoms with E-state index in [4.69, 9.17) is 0 Å². The zero-order valence-electron chi connectivity index (χ0n) is 12.0. The minimum atomic E-state index is -0.158. The highest BCUT2D eigenvalue weighted by Gasteiger charge is 2.20. The Labute approximate surface area is 119 Å². The lowest BCUT2D eigenvalue weighted by molar-refractivity contribution is -0.124. The van der Waals surface area contributed by atoms with Crippen LogP contribution < -0.4 is 10.6 Å². The number of nitrogens with one attached hydrogen (secondary N) is 2. The van der Waals surface area contributed by atoms with Gasteiger partial charge in [0.25, 0.3) is 0 Å². The van der Waals surface area contributed by atoms with Crippen LogP contribution in [0, 0.1) is 0 Å². The largest absolute Gasteiger partial charge is 0.355 e. The molecule has 1 aromatic rings. The fourth-order valence-electron chi connectivity index (χ4n) is 2.28. The van der Waals surface area contributed by atoms with Crippen molar-refractivity contribution >= 4 is 11.5 Å². The van der Waals surface area contributed by atoms with E-state index in [1.165, 1.54) is 6.92 Å². The molecule has 1 unspecified atom stereocenters. The second-order valence-electron chi connectivity index (χ2n) is 5.22. The van der Waals surface area contributed by atoms with E-state index in [9.17, 15) is 9.18 Å². The molecule has 0 saturated carbocycles. The molecule has 4 heteroatoms. The summed E-state index contributed by atoms with van der Waals surface area (Å²) in [6, 6.07) is 7.66. The molecular formula is C16H21FN2O. The summed E-state index contributed by atoms with van der Waals surface area (Å²) in [4.78, 5) is 11.6. The summed E-state index contributed by atoms with van der Waals surface area (Å²) < 4.78 is 13.1. The Morgan fingerprint density at radius 2 is 2.05 bits per heavy atom. The fraction of sp³-hybridized carbons (Fsp3) is 0.438. The van der Waals surface area contributed by atoms with E-state index in [2.05, 4.69) is 10.6 Å². The van der Waals surface area contributed by atoms with Crippen LogP contribution >= 0.6 is 0 Å². The SMILES string of the molecule is C/C(F)=C(\C)c1ccc(CNC2CCCNC2=O)cc1. The molecule has 2 rings (SSSR count). The summed E-state index contributed by atoms with van der Waals surface area (Å²) in [5, 5.41) is 6.12. The van der Waals surface area contributed by atoms with Crippen molar-refractivity contribution in [2.24, 2.45) is 0 Å². The third-order valence-electron chi connectivity index (χ3n) is 3.74. The second-order valence-corrected chi connectivity index (χ2v) is 5.22. The Kier molecular flexibility index (Phi) is 4.90. The number of allylic oxidation sites excluding steroid dienone is 2. The van der Waals surface area contributed by atoms with Crippen molar-refractivity contribution in [3.63, 3.8) is 0 Å². The van der Waals surface area contributed by atoms with Gasteiger partial charge in [0.1, 0.15) is 5.83 Å². The predicted molar refractivity (Wildman–Crippen MR) is 78.7 cm³/mol. The average molecular weight is 276 g/mol. The number of piperidine rings is 1. The van der Waals surface area contributed by atoms with Gasteiger partial charge in [-0.15, -0.1) is 0 Å². The van der Waals surface area contributed by atoms with Crippen molar-refractivity contribution in [1.82, 2.24) is 10.6 Å². The molecule has 2 N–H and O–H groups in total. The molecule has 20 heavy (non-hydrogen) atoms. The van der Waals surface area contributed by atoms with E-state index in [-0.39, 0.29) is 17.8 Å².